The number of rotatable bonds is 4. The highest BCUT2D eigenvalue weighted by atomic mass is 32.2. The predicted molar refractivity (Wildman–Crippen MR) is 69.1 cm³/mol. The maximum atomic E-state index is 13.0. The van der Waals surface area contributed by atoms with E-state index in [1.165, 1.54) is 0 Å². The minimum atomic E-state index is -4.11. The predicted octanol–water partition coefficient (Wildman–Crippen LogP) is 2.76. The zero-order valence-electron chi connectivity index (χ0n) is 10.5. The average molecular weight is 314 g/mol. The smallest absolute Gasteiger partial charge is 0.185 e. The van der Waals surface area contributed by atoms with Crippen molar-refractivity contribution in [3.63, 3.8) is 0 Å². The first kappa shape index (κ1) is 15.2. The minimum Gasteiger partial charge on any atom is -0.293 e. The molecule has 0 amide bonds. The Morgan fingerprint density at radius 1 is 0.905 bits per heavy atom. The number of carbonyl (C=O) groups is 1. The first-order valence-electron chi connectivity index (χ1n) is 5.76. The Morgan fingerprint density at radius 2 is 1.52 bits per heavy atom. The molecular formula is C14H9F3O3S. The highest BCUT2D eigenvalue weighted by Crippen LogP contribution is 2.16. The highest BCUT2D eigenvalue weighted by molar-refractivity contribution is 7.92. The molecule has 0 N–H and O–H groups in total. The second kappa shape index (κ2) is 5.69. The summed E-state index contributed by atoms with van der Waals surface area (Å²) in [6.07, 6.45) is 0. The van der Waals surface area contributed by atoms with E-state index in [1.54, 1.807) is 0 Å². The van der Waals surface area contributed by atoms with Gasteiger partial charge in [-0.3, -0.25) is 4.79 Å². The van der Waals surface area contributed by atoms with Crippen molar-refractivity contribution in [1.82, 2.24) is 0 Å². The topological polar surface area (TPSA) is 51.2 Å². The van der Waals surface area contributed by atoms with Crippen LogP contribution in [0.5, 0.6) is 0 Å². The van der Waals surface area contributed by atoms with Crippen LogP contribution in [0.4, 0.5) is 13.2 Å². The lowest BCUT2D eigenvalue weighted by atomic mass is 10.1. The lowest BCUT2D eigenvalue weighted by Crippen LogP contribution is -2.16. The fraction of sp³-hybridized carbons (Fsp3) is 0.0714. The molecule has 0 radical (unpaired) electrons. The number of hydrogen-bond donors (Lipinski definition) is 0. The van der Waals surface area contributed by atoms with E-state index >= 15 is 0 Å². The van der Waals surface area contributed by atoms with Crippen molar-refractivity contribution >= 4 is 15.6 Å². The molecule has 21 heavy (non-hydrogen) atoms. The second-order valence-electron chi connectivity index (χ2n) is 4.27. The molecule has 0 saturated carbocycles. The molecule has 0 aliphatic rings. The van der Waals surface area contributed by atoms with Crippen LogP contribution < -0.4 is 0 Å². The zero-order valence-corrected chi connectivity index (χ0v) is 11.3. The van der Waals surface area contributed by atoms with E-state index in [9.17, 15) is 26.4 Å². The Morgan fingerprint density at radius 3 is 2.10 bits per heavy atom. The number of benzene rings is 2. The molecule has 0 fully saturated rings. The molecular weight excluding hydrogens is 305 g/mol. The van der Waals surface area contributed by atoms with Gasteiger partial charge >= 0.3 is 0 Å². The Balaban J connectivity index is 2.26. The molecule has 0 saturated heterocycles. The van der Waals surface area contributed by atoms with E-state index in [2.05, 4.69) is 0 Å². The summed E-state index contributed by atoms with van der Waals surface area (Å²) in [4.78, 5) is 11.3. The van der Waals surface area contributed by atoms with Crippen LogP contribution in [0.25, 0.3) is 0 Å². The van der Waals surface area contributed by atoms with Crippen molar-refractivity contribution in [3.05, 3.63) is 65.5 Å². The van der Waals surface area contributed by atoms with Gasteiger partial charge in [0.1, 0.15) is 11.6 Å². The molecule has 2 aromatic carbocycles. The van der Waals surface area contributed by atoms with Gasteiger partial charge in [-0.05, 0) is 42.5 Å². The molecule has 0 spiro atoms. The summed E-state index contributed by atoms with van der Waals surface area (Å²) in [7, 11) is -4.11. The molecule has 0 aliphatic carbocycles. The third-order valence-electron chi connectivity index (χ3n) is 2.74. The number of halogens is 3. The van der Waals surface area contributed by atoms with Crippen molar-refractivity contribution in [2.24, 2.45) is 0 Å². The van der Waals surface area contributed by atoms with Gasteiger partial charge in [0.2, 0.25) is 0 Å². The van der Waals surface area contributed by atoms with Crippen LogP contribution in [0.3, 0.4) is 0 Å². The Labute approximate surface area is 119 Å². The zero-order chi connectivity index (χ0) is 15.6. The lowest BCUT2D eigenvalue weighted by Gasteiger charge is -2.05. The van der Waals surface area contributed by atoms with Gasteiger partial charge in [0.05, 0.1) is 4.90 Å². The molecule has 2 rings (SSSR count). The van der Waals surface area contributed by atoms with Crippen molar-refractivity contribution in [3.8, 4) is 0 Å². The lowest BCUT2D eigenvalue weighted by molar-refractivity contribution is 0.102. The molecule has 2 aromatic rings. The molecule has 110 valence electrons. The maximum absolute atomic E-state index is 13.0. The third kappa shape index (κ3) is 3.49. The molecule has 0 atom stereocenters. The van der Waals surface area contributed by atoms with E-state index in [0.717, 1.165) is 30.3 Å². The average Bonchev–Trinajstić information content (AvgIpc) is 2.42. The summed E-state index contributed by atoms with van der Waals surface area (Å²) >= 11 is 0. The van der Waals surface area contributed by atoms with Crippen molar-refractivity contribution in [2.75, 3.05) is 5.75 Å². The van der Waals surface area contributed by atoms with Crippen LogP contribution >= 0.6 is 0 Å². The fourth-order valence-corrected chi connectivity index (χ4v) is 2.88. The fourth-order valence-electron chi connectivity index (χ4n) is 1.65. The molecule has 0 bridgehead atoms. The molecule has 7 heteroatoms. The van der Waals surface area contributed by atoms with Crippen molar-refractivity contribution < 1.29 is 26.4 Å². The van der Waals surface area contributed by atoms with Crippen molar-refractivity contribution in [2.45, 2.75) is 4.90 Å². The summed E-state index contributed by atoms with van der Waals surface area (Å²) in [5, 5.41) is 0. The summed E-state index contributed by atoms with van der Waals surface area (Å²) < 4.78 is 62.5. The first-order valence-corrected chi connectivity index (χ1v) is 7.41. The second-order valence-corrected chi connectivity index (χ2v) is 6.25. The van der Waals surface area contributed by atoms with Gasteiger partial charge in [0.15, 0.2) is 27.3 Å². The van der Waals surface area contributed by atoms with E-state index < -0.39 is 43.7 Å². The Bertz CT molecular complexity index is 784. The van der Waals surface area contributed by atoms with Crippen LogP contribution in [-0.4, -0.2) is 20.0 Å². The quantitative estimate of drug-likeness (QED) is 0.644. The number of sulfone groups is 1. The van der Waals surface area contributed by atoms with Gasteiger partial charge in [-0.2, -0.15) is 0 Å². The first-order chi connectivity index (χ1) is 9.79. The van der Waals surface area contributed by atoms with E-state index in [1.807, 2.05) is 0 Å². The number of hydrogen-bond acceptors (Lipinski definition) is 3. The molecule has 0 heterocycles. The Hall–Kier alpha value is -2.15. The van der Waals surface area contributed by atoms with E-state index in [0.29, 0.717) is 12.1 Å². The van der Waals surface area contributed by atoms with Gasteiger partial charge in [-0.1, -0.05) is 0 Å². The maximum Gasteiger partial charge on any atom is 0.185 e. The molecule has 0 aromatic heterocycles. The highest BCUT2D eigenvalue weighted by Gasteiger charge is 2.21. The SMILES string of the molecule is O=C(CS(=O)(=O)c1ccc(F)c(F)c1)c1ccc(F)cc1. The normalized spacial score (nSPS) is 11.4. The summed E-state index contributed by atoms with van der Waals surface area (Å²) in [5.41, 5.74) is 0.0163. The van der Waals surface area contributed by atoms with Gasteiger partial charge in [0, 0.05) is 5.56 Å². The van der Waals surface area contributed by atoms with Gasteiger partial charge in [-0.25, -0.2) is 21.6 Å². The monoisotopic (exact) mass is 314 g/mol. The summed E-state index contributed by atoms with van der Waals surface area (Å²) in [6.45, 7) is 0. The minimum absolute atomic E-state index is 0.0163. The largest absolute Gasteiger partial charge is 0.293 e. The van der Waals surface area contributed by atoms with Crippen LogP contribution in [0, 0.1) is 17.5 Å². The van der Waals surface area contributed by atoms with Gasteiger partial charge < -0.3 is 0 Å². The molecule has 0 unspecified atom stereocenters. The van der Waals surface area contributed by atoms with Gasteiger partial charge in [-0.15, -0.1) is 0 Å². The molecule has 0 aliphatic heterocycles. The third-order valence-corrected chi connectivity index (χ3v) is 4.35. The number of ketones is 1. The van der Waals surface area contributed by atoms with E-state index in [-0.39, 0.29) is 5.56 Å². The van der Waals surface area contributed by atoms with Gasteiger partial charge in [0.25, 0.3) is 0 Å². The van der Waals surface area contributed by atoms with E-state index in [4.69, 9.17) is 0 Å². The standard InChI is InChI=1S/C14H9F3O3S/c15-10-3-1-9(2-4-10)14(18)8-21(19,20)11-5-6-12(16)13(17)7-11/h1-7H,8H2. The Kier molecular flexibility index (Phi) is 4.13. The van der Waals surface area contributed by atoms with Crippen LogP contribution in [-0.2, 0) is 9.84 Å². The van der Waals surface area contributed by atoms with Crippen LogP contribution in [0.15, 0.2) is 47.4 Å². The number of Topliss-reactive ketones (excluding diaryl/α,β-unsaturated/α-hetero) is 1. The van der Waals surface area contributed by atoms with Crippen LogP contribution in [0.2, 0.25) is 0 Å². The van der Waals surface area contributed by atoms with Crippen molar-refractivity contribution in [1.29, 1.82) is 0 Å². The molecule has 3 nitrogen and oxygen atoms in total. The van der Waals surface area contributed by atoms with Crippen LogP contribution in [0.1, 0.15) is 10.4 Å². The summed E-state index contributed by atoms with van der Waals surface area (Å²) in [6, 6.07) is 6.42. The number of carbonyl (C=O) groups excluding carboxylic acids is 1. The summed E-state index contributed by atoms with van der Waals surface area (Å²) in [5.74, 6) is -4.73.